The molecule has 1 heterocycles. The average Bonchev–Trinajstić information content (AvgIpc) is 2.70. The van der Waals surface area contributed by atoms with E-state index in [4.69, 9.17) is 11.6 Å². The Morgan fingerprint density at radius 1 is 1.56 bits per heavy atom. The van der Waals surface area contributed by atoms with Gasteiger partial charge in [-0.15, -0.1) is 11.6 Å². The Kier molecular flexibility index (Phi) is 4.78. The van der Waals surface area contributed by atoms with Crippen molar-refractivity contribution in [2.24, 2.45) is 0 Å². The minimum absolute atomic E-state index is 0.386. The maximum atomic E-state index is 11.2. The molecular weight excluding hydrogens is 232 g/mol. The number of carbonyl (C=O) groups excluding carboxylic acids is 2. The lowest BCUT2D eigenvalue weighted by molar-refractivity contribution is -0.119. The number of hydrogen-bond donors (Lipinski definition) is 2. The van der Waals surface area contributed by atoms with Gasteiger partial charge >= 0.3 is 6.03 Å². The summed E-state index contributed by atoms with van der Waals surface area (Å²) in [5, 5.41) is 7.86. The lowest BCUT2D eigenvalue weighted by atomic mass is 10.4. The number of nitrogens with zero attached hydrogens (tertiary/aromatic N) is 2. The van der Waals surface area contributed by atoms with Crippen LogP contribution in [-0.4, -0.2) is 33.6 Å². The van der Waals surface area contributed by atoms with Gasteiger partial charge in [0.05, 0.1) is 6.54 Å². The average molecular weight is 245 g/mol. The van der Waals surface area contributed by atoms with Crippen LogP contribution >= 0.6 is 11.6 Å². The molecule has 0 bridgehead atoms. The molecule has 0 radical (unpaired) electrons. The van der Waals surface area contributed by atoms with E-state index in [1.165, 1.54) is 6.92 Å². The van der Waals surface area contributed by atoms with Gasteiger partial charge in [0.15, 0.2) is 0 Å². The second-order valence-corrected chi connectivity index (χ2v) is 3.78. The zero-order valence-corrected chi connectivity index (χ0v) is 9.57. The summed E-state index contributed by atoms with van der Waals surface area (Å²) in [5.74, 6) is -0.516. The van der Waals surface area contributed by atoms with Gasteiger partial charge in [-0.25, -0.2) is 4.79 Å². The molecule has 7 heteroatoms. The van der Waals surface area contributed by atoms with Gasteiger partial charge in [0.25, 0.3) is 0 Å². The van der Waals surface area contributed by atoms with Crippen LogP contribution in [0.25, 0.3) is 0 Å². The number of alkyl halides is 1. The van der Waals surface area contributed by atoms with E-state index < -0.39 is 17.3 Å². The number of hydrogen-bond acceptors (Lipinski definition) is 3. The Balaban J connectivity index is 2.18. The van der Waals surface area contributed by atoms with Crippen LogP contribution in [0.4, 0.5) is 4.79 Å². The first-order valence-electron chi connectivity index (χ1n) is 4.80. The molecule has 16 heavy (non-hydrogen) atoms. The van der Waals surface area contributed by atoms with E-state index in [-0.39, 0.29) is 0 Å². The number of rotatable bonds is 4. The van der Waals surface area contributed by atoms with Crippen molar-refractivity contribution in [2.45, 2.75) is 18.8 Å². The second kappa shape index (κ2) is 6.12. The second-order valence-electron chi connectivity index (χ2n) is 3.13. The highest BCUT2D eigenvalue weighted by molar-refractivity contribution is 6.31. The maximum Gasteiger partial charge on any atom is 0.321 e. The van der Waals surface area contributed by atoms with Crippen molar-refractivity contribution in [3.05, 3.63) is 18.5 Å². The molecule has 0 aromatic carbocycles. The molecule has 0 spiro atoms. The number of aromatic nitrogens is 2. The Bertz CT molecular complexity index is 350. The lowest BCUT2D eigenvalue weighted by Gasteiger charge is -2.07. The molecule has 6 nitrogen and oxygen atoms in total. The topological polar surface area (TPSA) is 76.0 Å². The normalized spacial score (nSPS) is 11.9. The molecule has 1 rings (SSSR count). The predicted molar refractivity (Wildman–Crippen MR) is 59.1 cm³/mol. The van der Waals surface area contributed by atoms with Crippen LogP contribution in [0.2, 0.25) is 0 Å². The van der Waals surface area contributed by atoms with Crippen molar-refractivity contribution in [2.75, 3.05) is 6.54 Å². The van der Waals surface area contributed by atoms with Gasteiger partial charge in [0, 0.05) is 18.9 Å². The molecule has 88 valence electrons. The summed E-state index contributed by atoms with van der Waals surface area (Å²) in [5.41, 5.74) is 0. The molecule has 2 N–H and O–H groups in total. The van der Waals surface area contributed by atoms with Gasteiger partial charge in [-0.05, 0) is 13.0 Å². The lowest BCUT2D eigenvalue weighted by Crippen LogP contribution is -2.43. The largest absolute Gasteiger partial charge is 0.336 e. The summed E-state index contributed by atoms with van der Waals surface area (Å²) in [6.45, 7) is 2.43. The molecule has 3 amide bonds. The third kappa shape index (κ3) is 4.31. The Morgan fingerprint density at radius 3 is 2.88 bits per heavy atom. The molecule has 0 fully saturated rings. The third-order valence-corrected chi connectivity index (χ3v) is 1.98. The van der Waals surface area contributed by atoms with E-state index in [1.807, 2.05) is 0 Å². The van der Waals surface area contributed by atoms with Gasteiger partial charge in [0.2, 0.25) is 5.91 Å². The quantitative estimate of drug-likeness (QED) is 0.750. The van der Waals surface area contributed by atoms with Crippen LogP contribution in [0.1, 0.15) is 6.92 Å². The van der Waals surface area contributed by atoms with Crippen molar-refractivity contribution in [3.63, 3.8) is 0 Å². The van der Waals surface area contributed by atoms with E-state index in [9.17, 15) is 9.59 Å². The van der Waals surface area contributed by atoms with Gasteiger partial charge in [-0.3, -0.25) is 14.8 Å². The number of urea groups is 1. The van der Waals surface area contributed by atoms with E-state index in [1.54, 1.807) is 23.1 Å². The van der Waals surface area contributed by atoms with Crippen LogP contribution in [0, 0.1) is 0 Å². The van der Waals surface area contributed by atoms with Crippen molar-refractivity contribution in [1.29, 1.82) is 0 Å². The molecule has 1 aromatic heterocycles. The monoisotopic (exact) mass is 244 g/mol. The SMILES string of the molecule is CC(Cl)C(=O)NC(=O)NCCn1cccn1. The Morgan fingerprint density at radius 2 is 2.31 bits per heavy atom. The van der Waals surface area contributed by atoms with Crippen LogP contribution in [0.15, 0.2) is 18.5 Å². The summed E-state index contributed by atoms with van der Waals surface area (Å²) >= 11 is 5.48. The van der Waals surface area contributed by atoms with Gasteiger partial charge in [0.1, 0.15) is 5.38 Å². The highest BCUT2D eigenvalue weighted by Gasteiger charge is 2.11. The molecule has 0 aliphatic heterocycles. The fourth-order valence-electron chi connectivity index (χ4n) is 0.972. The molecular formula is C9H13ClN4O2. The molecule has 1 atom stereocenters. The number of imide groups is 1. The first-order valence-corrected chi connectivity index (χ1v) is 5.23. The van der Waals surface area contributed by atoms with Crippen LogP contribution in [0.3, 0.4) is 0 Å². The Hall–Kier alpha value is -1.56. The van der Waals surface area contributed by atoms with Crippen molar-refractivity contribution >= 4 is 23.5 Å². The zero-order chi connectivity index (χ0) is 12.0. The zero-order valence-electron chi connectivity index (χ0n) is 8.81. The first-order chi connectivity index (χ1) is 7.59. The van der Waals surface area contributed by atoms with E-state index in [0.717, 1.165) is 0 Å². The number of amides is 3. The molecule has 0 aliphatic carbocycles. The highest BCUT2D eigenvalue weighted by Crippen LogP contribution is 1.91. The minimum Gasteiger partial charge on any atom is -0.336 e. The fourth-order valence-corrected chi connectivity index (χ4v) is 1.03. The summed E-state index contributed by atoms with van der Waals surface area (Å²) < 4.78 is 1.67. The van der Waals surface area contributed by atoms with E-state index in [0.29, 0.717) is 13.1 Å². The highest BCUT2D eigenvalue weighted by atomic mass is 35.5. The van der Waals surface area contributed by atoms with Gasteiger partial charge in [-0.2, -0.15) is 5.10 Å². The number of nitrogens with one attached hydrogen (secondary N) is 2. The summed E-state index contributed by atoms with van der Waals surface area (Å²) in [6, 6.07) is 1.24. The van der Waals surface area contributed by atoms with Crippen molar-refractivity contribution < 1.29 is 9.59 Å². The molecule has 0 saturated carbocycles. The molecule has 0 aliphatic rings. The van der Waals surface area contributed by atoms with Crippen LogP contribution < -0.4 is 10.6 Å². The molecule has 1 unspecified atom stereocenters. The van der Waals surface area contributed by atoms with Crippen LogP contribution in [-0.2, 0) is 11.3 Å². The summed E-state index contributed by atoms with van der Waals surface area (Å²) in [7, 11) is 0. The number of carbonyl (C=O) groups is 2. The van der Waals surface area contributed by atoms with Gasteiger partial charge in [-0.1, -0.05) is 0 Å². The fraction of sp³-hybridized carbons (Fsp3) is 0.444. The predicted octanol–water partition coefficient (Wildman–Crippen LogP) is 0.336. The molecule has 0 saturated heterocycles. The minimum atomic E-state index is -0.725. The van der Waals surface area contributed by atoms with Crippen molar-refractivity contribution in [1.82, 2.24) is 20.4 Å². The summed E-state index contributed by atoms with van der Waals surface area (Å²) in [4.78, 5) is 22.2. The Labute approximate surface area is 98.0 Å². The van der Waals surface area contributed by atoms with Gasteiger partial charge < -0.3 is 5.32 Å². The van der Waals surface area contributed by atoms with Crippen LogP contribution in [0.5, 0.6) is 0 Å². The first kappa shape index (κ1) is 12.5. The molecule has 1 aromatic rings. The standard InChI is InChI=1S/C9H13ClN4O2/c1-7(10)8(15)13-9(16)11-4-6-14-5-2-3-12-14/h2-3,5,7H,4,6H2,1H3,(H2,11,13,15,16). The van der Waals surface area contributed by atoms with E-state index >= 15 is 0 Å². The summed E-state index contributed by atoms with van der Waals surface area (Å²) in [6.07, 6.45) is 3.43. The third-order valence-electron chi connectivity index (χ3n) is 1.78. The maximum absolute atomic E-state index is 11.2. The van der Waals surface area contributed by atoms with Crippen molar-refractivity contribution in [3.8, 4) is 0 Å². The smallest absolute Gasteiger partial charge is 0.321 e. The van der Waals surface area contributed by atoms with E-state index in [2.05, 4.69) is 15.7 Å². The number of halogens is 1.